The van der Waals surface area contributed by atoms with Gasteiger partial charge in [0.25, 0.3) is 0 Å². The minimum atomic E-state index is 0.633. The van der Waals surface area contributed by atoms with Crippen LogP contribution in [0.2, 0.25) is 0 Å². The van der Waals surface area contributed by atoms with Crippen LogP contribution in [-0.2, 0) is 0 Å². The van der Waals surface area contributed by atoms with Crippen molar-refractivity contribution in [3.63, 3.8) is 0 Å². The van der Waals surface area contributed by atoms with Gasteiger partial charge in [-0.05, 0) is 105 Å². The van der Waals surface area contributed by atoms with Crippen molar-refractivity contribution >= 4 is 119 Å². The maximum Gasteiger partial charge on any atom is 0.235 e. The Kier molecular flexibility index (Phi) is 11.0. The Hall–Kier alpha value is -11.1. The van der Waals surface area contributed by atoms with Crippen molar-refractivity contribution < 1.29 is 4.42 Å². The van der Waals surface area contributed by atoms with Gasteiger partial charge in [-0.15, -0.1) is 11.3 Å². The largest absolute Gasteiger partial charge is 0.455 e. The van der Waals surface area contributed by atoms with Gasteiger partial charge in [0.1, 0.15) is 11.2 Å². The number of fused-ring (bicyclic) bond motifs is 15. The number of benzene rings is 12. The quantitative estimate of drug-likeness (QED) is 0.166. The highest BCUT2D eigenvalue weighted by Gasteiger charge is 2.21. The predicted octanol–water partition coefficient (Wildman–Crippen LogP) is 20.4. The van der Waals surface area contributed by atoms with Crippen molar-refractivity contribution in [3.05, 3.63) is 279 Å². The third-order valence-electron chi connectivity index (χ3n) is 16.5. The van der Waals surface area contributed by atoms with Gasteiger partial charge in [-0.2, -0.15) is 0 Å². The first-order valence-corrected chi connectivity index (χ1v) is 29.0. The zero-order valence-electron chi connectivity index (χ0n) is 45.1. The lowest BCUT2D eigenvalue weighted by molar-refractivity contribution is 0.670. The number of thiophene rings is 1. The van der Waals surface area contributed by atoms with Crippen LogP contribution < -0.4 is 0 Å². The first-order chi connectivity index (χ1) is 41.6. The van der Waals surface area contributed by atoms with Crippen molar-refractivity contribution in [1.82, 2.24) is 29.1 Å². The monoisotopic (exact) mass is 1090 g/mol. The van der Waals surface area contributed by atoms with Gasteiger partial charge < -0.3 is 4.42 Å². The molecule has 7 nitrogen and oxygen atoms in total. The summed E-state index contributed by atoms with van der Waals surface area (Å²) in [6, 6.07) is 94.0. The van der Waals surface area contributed by atoms with Gasteiger partial charge in [-0.3, -0.25) is 9.13 Å². The third kappa shape index (κ3) is 7.73. The van der Waals surface area contributed by atoms with Crippen molar-refractivity contribution in [1.29, 1.82) is 0 Å². The van der Waals surface area contributed by atoms with Crippen molar-refractivity contribution in [2.75, 3.05) is 0 Å². The fourth-order valence-corrected chi connectivity index (χ4v) is 13.8. The summed E-state index contributed by atoms with van der Waals surface area (Å²) in [4.78, 5) is 20.0. The number of furan rings is 1. The zero-order chi connectivity index (χ0) is 55.2. The number of rotatable bonds is 6. The highest BCUT2D eigenvalue weighted by Crippen LogP contribution is 2.43. The van der Waals surface area contributed by atoms with E-state index in [-0.39, 0.29) is 0 Å². The first-order valence-electron chi connectivity index (χ1n) is 28.2. The van der Waals surface area contributed by atoms with Gasteiger partial charge >= 0.3 is 0 Å². The average molecular weight is 1090 g/mol. The summed E-state index contributed by atoms with van der Waals surface area (Å²) < 4.78 is 13.4. The normalized spacial score (nSPS) is 11.8. The second kappa shape index (κ2) is 19.3. The molecule has 0 fully saturated rings. The molecule has 0 radical (unpaired) electrons. The molecule has 0 amide bonds. The van der Waals surface area contributed by atoms with Crippen molar-refractivity contribution in [3.8, 4) is 56.7 Å². The zero-order valence-corrected chi connectivity index (χ0v) is 45.9. The lowest BCUT2D eigenvalue weighted by Crippen LogP contribution is -2.02. The molecule has 18 rings (SSSR count). The van der Waals surface area contributed by atoms with Gasteiger partial charge in [0, 0.05) is 81.4 Å². The molecule has 84 heavy (non-hydrogen) atoms. The summed E-state index contributed by atoms with van der Waals surface area (Å²) in [6.45, 7) is 0. The minimum Gasteiger partial charge on any atom is -0.455 e. The molecule has 18 aromatic rings. The molecular formula is C76H46N6OS. The number of aromatic nitrogens is 6. The van der Waals surface area contributed by atoms with Gasteiger partial charge in [0.05, 0.1) is 33.5 Å². The van der Waals surface area contributed by atoms with E-state index in [0.29, 0.717) is 11.9 Å². The standard InChI is InChI=1S/C38H23N3O.C38H23N3S/c1-2-9-24(10-3-1)27-17-18-36-32(22-27)29-14-8-15-30(37(29)42-36)33-19-20-39-38(40-33)41-34-16-7-6-13-28(34)31-21-25-11-4-5-12-26(25)23-35(31)41;1-2-9-24(10-3-1)26-18-20-35-32(23-26)30-14-8-15-31(37(30)42-35)33-21-22-39-38(40-33)41-34-16-7-6-13-28(34)29-19-17-25-11-4-5-12-27(25)36(29)41/h2*1-23H. The van der Waals surface area contributed by atoms with Gasteiger partial charge in [-0.25, -0.2) is 19.9 Å². The maximum atomic E-state index is 6.48. The molecule has 392 valence electrons. The van der Waals surface area contributed by atoms with E-state index in [1.165, 1.54) is 85.5 Å². The molecule has 12 aromatic carbocycles. The summed E-state index contributed by atoms with van der Waals surface area (Å²) in [5, 5.41) is 14.3. The number of para-hydroxylation sites is 3. The molecule has 0 atom stereocenters. The van der Waals surface area contributed by atoms with E-state index < -0.39 is 0 Å². The lowest BCUT2D eigenvalue weighted by Gasteiger charge is -2.10. The van der Waals surface area contributed by atoms with Crippen LogP contribution in [0.1, 0.15) is 0 Å². The molecule has 0 unspecified atom stereocenters. The summed E-state index contributed by atoms with van der Waals surface area (Å²) in [5.74, 6) is 1.31. The fraction of sp³-hybridized carbons (Fsp3) is 0. The first kappa shape index (κ1) is 47.7. The van der Waals surface area contributed by atoms with Gasteiger partial charge in [0.15, 0.2) is 0 Å². The summed E-state index contributed by atoms with van der Waals surface area (Å²) in [7, 11) is 0. The Labute approximate surface area is 485 Å². The van der Waals surface area contributed by atoms with E-state index >= 15 is 0 Å². The molecule has 0 aliphatic rings. The Balaban J connectivity index is 0.000000132. The van der Waals surface area contributed by atoms with E-state index in [1.54, 1.807) is 0 Å². The van der Waals surface area contributed by atoms with Crippen LogP contribution in [0, 0.1) is 0 Å². The van der Waals surface area contributed by atoms with Crippen molar-refractivity contribution in [2.45, 2.75) is 0 Å². The minimum absolute atomic E-state index is 0.633. The van der Waals surface area contributed by atoms with Gasteiger partial charge in [-0.1, -0.05) is 200 Å². The molecule has 8 heteroatoms. The van der Waals surface area contributed by atoms with Crippen molar-refractivity contribution in [2.24, 2.45) is 0 Å². The smallest absolute Gasteiger partial charge is 0.235 e. The highest BCUT2D eigenvalue weighted by molar-refractivity contribution is 7.26. The second-order valence-corrected chi connectivity index (χ2v) is 22.4. The topological polar surface area (TPSA) is 74.6 Å². The third-order valence-corrected chi connectivity index (χ3v) is 17.8. The van der Waals surface area contributed by atoms with Crippen LogP contribution >= 0.6 is 11.3 Å². The lowest BCUT2D eigenvalue weighted by atomic mass is 10.0. The molecule has 0 saturated carbocycles. The molecule has 0 N–H and O–H groups in total. The highest BCUT2D eigenvalue weighted by atomic mass is 32.1. The molecule has 0 spiro atoms. The van der Waals surface area contributed by atoms with Crippen LogP contribution in [0.3, 0.4) is 0 Å². The van der Waals surface area contributed by atoms with E-state index in [0.717, 1.165) is 66.5 Å². The molecule has 6 aromatic heterocycles. The van der Waals surface area contributed by atoms with E-state index in [1.807, 2.05) is 41.9 Å². The number of hydrogen-bond acceptors (Lipinski definition) is 6. The van der Waals surface area contributed by atoms with Crippen LogP contribution in [0.4, 0.5) is 0 Å². The maximum absolute atomic E-state index is 6.48. The SMILES string of the molecule is c1ccc(-c2ccc3oc4c(-c5ccnc(-n6c7ccccc7c7cc8ccccc8cc76)n5)cccc4c3c2)cc1.c1ccc(-c2ccc3sc4c(-c5ccnc(-n6c7ccccc7c7ccc8ccccc8c76)n5)cccc4c3c2)cc1. The Morgan fingerprint density at radius 1 is 0.321 bits per heavy atom. The number of hydrogen-bond donors (Lipinski definition) is 0. The number of nitrogens with zero attached hydrogens (tertiary/aromatic N) is 6. The molecule has 0 aliphatic heterocycles. The Bertz CT molecular complexity index is 5620. The Morgan fingerprint density at radius 2 is 0.881 bits per heavy atom. The summed E-state index contributed by atoms with van der Waals surface area (Å²) in [6.07, 6.45) is 3.73. The molecule has 0 saturated heterocycles. The predicted molar refractivity (Wildman–Crippen MR) is 350 cm³/mol. The average Bonchev–Trinajstić information content (AvgIpc) is 4.49. The fourth-order valence-electron chi connectivity index (χ4n) is 12.6. The van der Waals surface area contributed by atoms with Gasteiger partial charge in [0.2, 0.25) is 11.9 Å². The summed E-state index contributed by atoms with van der Waals surface area (Å²) in [5.41, 5.74) is 14.7. The summed E-state index contributed by atoms with van der Waals surface area (Å²) >= 11 is 1.83. The molecule has 0 bridgehead atoms. The second-order valence-electron chi connectivity index (χ2n) is 21.3. The Morgan fingerprint density at radius 3 is 1.62 bits per heavy atom. The van der Waals surface area contributed by atoms with Crippen LogP contribution in [0.25, 0.3) is 164 Å². The molecular weight excluding hydrogens is 1040 g/mol. The van der Waals surface area contributed by atoms with Crippen LogP contribution in [0.5, 0.6) is 0 Å². The molecule has 6 heterocycles. The van der Waals surface area contributed by atoms with Crippen LogP contribution in [-0.4, -0.2) is 29.1 Å². The van der Waals surface area contributed by atoms with Crippen LogP contribution in [0.15, 0.2) is 284 Å². The van der Waals surface area contributed by atoms with E-state index in [2.05, 4.69) is 258 Å². The molecule has 0 aliphatic carbocycles. The van der Waals surface area contributed by atoms with E-state index in [4.69, 9.17) is 24.4 Å². The van der Waals surface area contributed by atoms with E-state index in [9.17, 15) is 0 Å².